The maximum atomic E-state index is 9.97. The molecule has 0 aliphatic heterocycles. The zero-order valence-corrected chi connectivity index (χ0v) is 10.9. The van der Waals surface area contributed by atoms with Crippen molar-refractivity contribution >= 4 is 11.5 Å². The number of rotatable bonds is 6. The summed E-state index contributed by atoms with van der Waals surface area (Å²) in [4.78, 5) is 4.22. The van der Waals surface area contributed by atoms with Gasteiger partial charge in [-0.2, -0.15) is 0 Å². The van der Waals surface area contributed by atoms with E-state index in [4.69, 9.17) is 5.73 Å². The third kappa shape index (κ3) is 3.89. The fourth-order valence-electron chi connectivity index (χ4n) is 1.84. The van der Waals surface area contributed by atoms with E-state index >= 15 is 0 Å². The molecule has 0 aliphatic carbocycles. The lowest BCUT2D eigenvalue weighted by Crippen LogP contribution is -2.28. The van der Waals surface area contributed by atoms with Crippen LogP contribution in [0.3, 0.4) is 0 Å². The number of nitrogens with one attached hydrogen (secondary N) is 1. The minimum absolute atomic E-state index is 0.338. The molecule has 1 aromatic rings. The number of hydrogen-bond donors (Lipinski definition) is 3. The number of nitrogens with two attached hydrogens (primary N) is 1. The maximum absolute atomic E-state index is 9.97. The van der Waals surface area contributed by atoms with Crippen molar-refractivity contribution in [2.45, 2.75) is 39.7 Å². The van der Waals surface area contributed by atoms with Gasteiger partial charge in [0.1, 0.15) is 5.82 Å². The third-order valence-electron chi connectivity index (χ3n) is 3.23. The number of pyridine rings is 1. The first kappa shape index (κ1) is 13.8. The van der Waals surface area contributed by atoms with Crippen LogP contribution in [0.2, 0.25) is 0 Å². The summed E-state index contributed by atoms with van der Waals surface area (Å²) in [7, 11) is 0. The molecular weight excluding hydrogens is 214 g/mol. The predicted molar refractivity (Wildman–Crippen MR) is 72.0 cm³/mol. The number of aliphatic hydroxyl groups is 1. The first-order valence-electron chi connectivity index (χ1n) is 6.22. The van der Waals surface area contributed by atoms with Crippen molar-refractivity contribution in [3.8, 4) is 0 Å². The summed E-state index contributed by atoms with van der Waals surface area (Å²) >= 11 is 0. The van der Waals surface area contributed by atoms with Crippen LogP contribution in [0.15, 0.2) is 12.3 Å². The Kier molecular flexibility index (Phi) is 5.22. The minimum Gasteiger partial charge on any atom is -0.398 e. The molecule has 1 heterocycles. The number of aliphatic hydroxyl groups excluding tert-OH is 1. The Morgan fingerprint density at radius 2 is 2.06 bits per heavy atom. The van der Waals surface area contributed by atoms with Crippen molar-refractivity contribution in [3.63, 3.8) is 0 Å². The van der Waals surface area contributed by atoms with Gasteiger partial charge in [0.15, 0.2) is 0 Å². The maximum Gasteiger partial charge on any atom is 0.128 e. The highest BCUT2D eigenvalue weighted by Gasteiger charge is 2.15. The molecule has 0 saturated heterocycles. The summed E-state index contributed by atoms with van der Waals surface area (Å²) in [6, 6.07) is 1.80. The second-order valence-electron chi connectivity index (χ2n) is 4.45. The second-order valence-corrected chi connectivity index (χ2v) is 4.45. The molecule has 0 aromatic carbocycles. The van der Waals surface area contributed by atoms with Crippen molar-refractivity contribution in [1.82, 2.24) is 4.98 Å². The molecule has 1 atom stereocenters. The molecule has 1 unspecified atom stereocenters. The van der Waals surface area contributed by atoms with E-state index in [0.29, 0.717) is 12.5 Å². The van der Waals surface area contributed by atoms with Crippen LogP contribution in [-0.4, -0.2) is 22.7 Å². The van der Waals surface area contributed by atoms with Gasteiger partial charge in [0.2, 0.25) is 0 Å². The molecule has 0 aliphatic rings. The van der Waals surface area contributed by atoms with Crippen LogP contribution >= 0.6 is 0 Å². The quantitative estimate of drug-likeness (QED) is 0.709. The van der Waals surface area contributed by atoms with Crippen molar-refractivity contribution in [2.75, 3.05) is 17.6 Å². The van der Waals surface area contributed by atoms with Crippen LogP contribution in [-0.2, 0) is 0 Å². The number of nitrogen functional groups attached to an aromatic ring is 1. The Morgan fingerprint density at radius 3 is 2.59 bits per heavy atom. The lowest BCUT2D eigenvalue weighted by molar-refractivity contribution is 0.114. The Balaban J connectivity index is 2.52. The lowest BCUT2D eigenvalue weighted by Gasteiger charge is -2.20. The zero-order chi connectivity index (χ0) is 12.8. The summed E-state index contributed by atoms with van der Waals surface area (Å²) < 4.78 is 0. The van der Waals surface area contributed by atoms with Crippen molar-refractivity contribution < 1.29 is 5.11 Å². The van der Waals surface area contributed by atoms with Crippen LogP contribution in [0, 0.1) is 12.8 Å². The lowest BCUT2D eigenvalue weighted by atomic mass is 9.96. The standard InChI is InChI=1S/C13H23N3O/c1-4-10(5-2)12(17)8-16-13-6-11(14)9(3)7-15-13/h6-7,10,12,17H,4-5,8H2,1-3H3,(H3,14,15,16). The van der Waals surface area contributed by atoms with Gasteiger partial charge in [-0.15, -0.1) is 0 Å². The fourth-order valence-corrected chi connectivity index (χ4v) is 1.84. The molecular formula is C13H23N3O. The Bertz CT molecular complexity index is 351. The number of hydrogen-bond acceptors (Lipinski definition) is 4. The van der Waals surface area contributed by atoms with Crippen LogP contribution in [0.5, 0.6) is 0 Å². The van der Waals surface area contributed by atoms with E-state index < -0.39 is 0 Å². The molecule has 0 amide bonds. The van der Waals surface area contributed by atoms with Gasteiger partial charge in [0, 0.05) is 24.5 Å². The molecule has 1 rings (SSSR count). The monoisotopic (exact) mass is 237 g/mol. The molecule has 4 nitrogen and oxygen atoms in total. The first-order valence-corrected chi connectivity index (χ1v) is 6.22. The second kappa shape index (κ2) is 6.45. The van der Waals surface area contributed by atoms with Crippen LogP contribution in [0.1, 0.15) is 32.3 Å². The number of nitrogens with zero attached hydrogens (tertiary/aromatic N) is 1. The van der Waals surface area contributed by atoms with Crippen molar-refractivity contribution in [1.29, 1.82) is 0 Å². The van der Waals surface area contributed by atoms with Gasteiger partial charge in [-0.05, 0) is 18.4 Å². The summed E-state index contributed by atoms with van der Waals surface area (Å²) in [6.45, 7) is 6.63. The van der Waals surface area contributed by atoms with Gasteiger partial charge in [-0.1, -0.05) is 26.7 Å². The molecule has 0 bridgehead atoms. The van der Waals surface area contributed by atoms with Gasteiger partial charge in [0.05, 0.1) is 6.10 Å². The highest BCUT2D eigenvalue weighted by atomic mass is 16.3. The van der Waals surface area contributed by atoms with E-state index in [2.05, 4.69) is 24.1 Å². The molecule has 4 N–H and O–H groups in total. The molecule has 4 heteroatoms. The van der Waals surface area contributed by atoms with Gasteiger partial charge in [0.25, 0.3) is 0 Å². The average Bonchev–Trinajstić information content (AvgIpc) is 2.32. The number of aryl methyl sites for hydroxylation is 1. The van der Waals surface area contributed by atoms with Crippen molar-refractivity contribution in [3.05, 3.63) is 17.8 Å². The highest BCUT2D eigenvalue weighted by Crippen LogP contribution is 2.16. The minimum atomic E-state index is -0.339. The van der Waals surface area contributed by atoms with E-state index in [0.717, 1.165) is 29.9 Å². The zero-order valence-electron chi connectivity index (χ0n) is 10.9. The number of anilines is 2. The predicted octanol–water partition coefficient (Wildman–Crippen LogP) is 2.18. The van der Waals surface area contributed by atoms with Crippen LogP contribution in [0.25, 0.3) is 0 Å². The summed E-state index contributed by atoms with van der Waals surface area (Å²) in [5.74, 6) is 1.06. The van der Waals surface area contributed by atoms with Crippen LogP contribution in [0.4, 0.5) is 11.5 Å². The summed E-state index contributed by atoms with van der Waals surface area (Å²) in [5, 5.41) is 13.1. The molecule has 0 saturated carbocycles. The SMILES string of the molecule is CCC(CC)C(O)CNc1cc(N)c(C)cn1. The molecule has 0 spiro atoms. The highest BCUT2D eigenvalue weighted by molar-refractivity contribution is 5.53. The molecule has 1 aromatic heterocycles. The van der Waals surface area contributed by atoms with Gasteiger partial charge in [-0.25, -0.2) is 4.98 Å². The topological polar surface area (TPSA) is 71.2 Å². The Labute approximate surface area is 103 Å². The van der Waals surface area contributed by atoms with Crippen LogP contribution < -0.4 is 11.1 Å². The normalized spacial score (nSPS) is 12.8. The molecule has 0 fully saturated rings. The molecule has 17 heavy (non-hydrogen) atoms. The summed E-state index contributed by atoms with van der Waals surface area (Å²) in [6.07, 6.45) is 3.38. The first-order chi connectivity index (χ1) is 8.08. The smallest absolute Gasteiger partial charge is 0.128 e. The fraction of sp³-hybridized carbons (Fsp3) is 0.615. The Morgan fingerprint density at radius 1 is 1.41 bits per heavy atom. The van der Waals surface area contributed by atoms with Gasteiger partial charge >= 0.3 is 0 Å². The Hall–Kier alpha value is -1.29. The van der Waals surface area contributed by atoms with Crippen molar-refractivity contribution in [2.24, 2.45) is 5.92 Å². The van der Waals surface area contributed by atoms with E-state index in [9.17, 15) is 5.11 Å². The number of aromatic nitrogens is 1. The average molecular weight is 237 g/mol. The van der Waals surface area contributed by atoms with E-state index in [1.807, 2.05) is 6.92 Å². The van der Waals surface area contributed by atoms with E-state index in [1.165, 1.54) is 0 Å². The summed E-state index contributed by atoms with van der Waals surface area (Å²) in [5.41, 5.74) is 7.49. The largest absolute Gasteiger partial charge is 0.398 e. The van der Waals surface area contributed by atoms with E-state index in [-0.39, 0.29) is 6.10 Å². The third-order valence-corrected chi connectivity index (χ3v) is 3.23. The van der Waals surface area contributed by atoms with Gasteiger partial charge in [-0.3, -0.25) is 0 Å². The molecule has 0 radical (unpaired) electrons. The van der Waals surface area contributed by atoms with Gasteiger partial charge < -0.3 is 16.2 Å². The van der Waals surface area contributed by atoms with E-state index in [1.54, 1.807) is 12.3 Å². The molecule has 96 valence electrons.